The molecule has 2 fully saturated rings. The van der Waals surface area contributed by atoms with Crippen LogP contribution in [0.15, 0.2) is 29.3 Å². The van der Waals surface area contributed by atoms with Crippen LogP contribution in [-0.4, -0.2) is 29.0 Å². The fraction of sp³-hybridized carbons (Fsp3) is 0.500. The summed E-state index contributed by atoms with van der Waals surface area (Å²) in [5, 5.41) is 10.3. The van der Waals surface area contributed by atoms with Crippen LogP contribution in [0.1, 0.15) is 39.2 Å². The Kier molecular flexibility index (Phi) is 6.41. The van der Waals surface area contributed by atoms with E-state index in [1.54, 1.807) is 25.1 Å². The topological polar surface area (TPSA) is 105 Å². The molecule has 0 unspecified atom stereocenters. The first-order chi connectivity index (χ1) is 14.1. The van der Waals surface area contributed by atoms with E-state index in [0.29, 0.717) is 10.8 Å². The van der Waals surface area contributed by atoms with Crippen LogP contribution in [0.25, 0.3) is 0 Å². The molecule has 162 valence electrons. The number of halogens is 1. The molecule has 2 amide bonds. The maximum atomic E-state index is 12.8. The number of hydrogen-bond donors (Lipinski definition) is 3. The predicted octanol–water partition coefficient (Wildman–Crippen LogP) is 3.26. The second-order valence-electron chi connectivity index (χ2n) is 8.28. The van der Waals surface area contributed by atoms with Crippen molar-refractivity contribution in [2.75, 3.05) is 0 Å². The van der Waals surface area contributed by atoms with E-state index in [9.17, 15) is 19.5 Å². The molecule has 7 nitrogen and oxygen atoms in total. The highest BCUT2D eigenvalue weighted by atomic mass is 35.5. The molecule has 3 rings (SSSR count). The first kappa shape index (κ1) is 22.2. The molecule has 5 atom stereocenters. The second-order valence-corrected chi connectivity index (χ2v) is 8.72. The average Bonchev–Trinajstić information content (AvgIpc) is 3.24. The Hall–Kier alpha value is -2.54. The van der Waals surface area contributed by atoms with Gasteiger partial charge in [0.05, 0.1) is 11.8 Å². The molecular weight excluding hydrogens is 408 g/mol. The van der Waals surface area contributed by atoms with Crippen molar-refractivity contribution in [1.82, 2.24) is 10.9 Å². The number of aryl methyl sites for hydroxylation is 1. The summed E-state index contributed by atoms with van der Waals surface area (Å²) in [7, 11) is 0. The number of nitrogens with one attached hydrogen (secondary N) is 2. The van der Waals surface area contributed by atoms with Gasteiger partial charge in [-0.15, -0.1) is 0 Å². The normalized spacial score (nSPS) is 25.6. The Morgan fingerprint density at radius 2 is 1.77 bits per heavy atom. The molecule has 3 N–H and O–H groups in total. The number of amides is 2. The van der Waals surface area contributed by atoms with Crippen LogP contribution in [0.3, 0.4) is 0 Å². The number of carbonyl (C=O) groups excluding carboxylic acids is 2. The summed E-state index contributed by atoms with van der Waals surface area (Å²) in [5.41, 5.74) is 7.74. The lowest BCUT2D eigenvalue weighted by Crippen LogP contribution is -2.51. The van der Waals surface area contributed by atoms with Crippen LogP contribution in [-0.2, 0) is 14.4 Å². The van der Waals surface area contributed by atoms with Gasteiger partial charge in [-0.3, -0.25) is 25.2 Å². The van der Waals surface area contributed by atoms with Crippen LogP contribution in [0.5, 0.6) is 5.75 Å². The zero-order valence-electron chi connectivity index (χ0n) is 17.5. The molecular formula is C22H27ClN2O5. The van der Waals surface area contributed by atoms with Crippen molar-refractivity contribution < 1.29 is 24.2 Å². The van der Waals surface area contributed by atoms with E-state index in [-0.39, 0.29) is 11.8 Å². The van der Waals surface area contributed by atoms with Gasteiger partial charge in [0.1, 0.15) is 5.75 Å². The van der Waals surface area contributed by atoms with Crippen molar-refractivity contribution in [3.05, 3.63) is 39.9 Å². The van der Waals surface area contributed by atoms with Crippen molar-refractivity contribution in [3.8, 4) is 5.75 Å². The highest BCUT2D eigenvalue weighted by molar-refractivity contribution is 6.30. The maximum Gasteiger partial charge on any atom is 0.307 e. The largest absolute Gasteiger partial charge is 0.481 e. The van der Waals surface area contributed by atoms with Crippen LogP contribution in [0, 0.1) is 30.6 Å². The van der Waals surface area contributed by atoms with Gasteiger partial charge in [0.15, 0.2) is 6.10 Å². The Balaban J connectivity index is 1.64. The number of hydrogen-bond acceptors (Lipinski definition) is 4. The van der Waals surface area contributed by atoms with Gasteiger partial charge in [0.2, 0.25) is 5.91 Å². The van der Waals surface area contributed by atoms with Gasteiger partial charge in [-0.25, -0.2) is 0 Å². The molecule has 1 aromatic carbocycles. The molecule has 2 aliphatic rings. The molecule has 0 heterocycles. The minimum absolute atomic E-state index is 0.0941. The van der Waals surface area contributed by atoms with E-state index in [1.165, 1.54) is 0 Å². The van der Waals surface area contributed by atoms with Crippen molar-refractivity contribution in [2.24, 2.45) is 23.7 Å². The zero-order chi connectivity index (χ0) is 22.2. The zero-order valence-corrected chi connectivity index (χ0v) is 18.2. The highest BCUT2D eigenvalue weighted by Gasteiger charge is 2.57. The van der Waals surface area contributed by atoms with Gasteiger partial charge in [-0.05, 0) is 76.1 Å². The number of fused-ring (bicyclic) bond motifs is 2. The van der Waals surface area contributed by atoms with Crippen LogP contribution >= 0.6 is 11.6 Å². The number of ether oxygens (including phenoxy) is 1. The maximum absolute atomic E-state index is 12.8. The Bertz CT molecular complexity index is 909. The number of carboxylic acids is 1. The monoisotopic (exact) mass is 434 g/mol. The summed E-state index contributed by atoms with van der Waals surface area (Å²) >= 11 is 5.93. The molecule has 0 aliphatic heterocycles. The molecule has 2 aliphatic carbocycles. The lowest BCUT2D eigenvalue weighted by atomic mass is 9.79. The van der Waals surface area contributed by atoms with Crippen molar-refractivity contribution in [2.45, 2.75) is 46.6 Å². The third-order valence-corrected chi connectivity index (χ3v) is 6.36. The summed E-state index contributed by atoms with van der Waals surface area (Å²) in [4.78, 5) is 37.1. The summed E-state index contributed by atoms with van der Waals surface area (Å²) in [6, 6.07) is 5.07. The number of allylic oxidation sites excluding steroid dienone is 2. The minimum atomic E-state index is -0.970. The molecule has 0 saturated heterocycles. The third kappa shape index (κ3) is 4.17. The van der Waals surface area contributed by atoms with E-state index in [4.69, 9.17) is 16.3 Å². The van der Waals surface area contributed by atoms with Crippen molar-refractivity contribution >= 4 is 29.4 Å². The summed E-state index contributed by atoms with van der Waals surface area (Å²) in [5.74, 6) is -3.13. The molecule has 0 radical (unpaired) electrons. The fourth-order valence-corrected chi connectivity index (χ4v) is 5.13. The van der Waals surface area contributed by atoms with E-state index >= 15 is 0 Å². The predicted molar refractivity (Wildman–Crippen MR) is 112 cm³/mol. The smallest absolute Gasteiger partial charge is 0.307 e. The number of rotatable bonds is 5. The van der Waals surface area contributed by atoms with E-state index in [2.05, 4.69) is 10.9 Å². The molecule has 8 heteroatoms. The number of benzene rings is 1. The highest BCUT2D eigenvalue weighted by Crippen LogP contribution is 2.57. The van der Waals surface area contributed by atoms with E-state index in [0.717, 1.165) is 29.6 Å². The van der Waals surface area contributed by atoms with Crippen LogP contribution < -0.4 is 15.6 Å². The fourth-order valence-electron chi connectivity index (χ4n) is 4.90. The van der Waals surface area contributed by atoms with Gasteiger partial charge in [0, 0.05) is 5.02 Å². The SMILES string of the molecule is CC(C)=C1[C@H]2CC[C@H]1[C@@H](C(=O)NNC(=O)[C@H](C)Oc1ccc(Cl)cc1C)[C@H]2C(=O)O. The molecule has 2 saturated carbocycles. The molecule has 1 aromatic rings. The quantitative estimate of drug-likeness (QED) is 0.487. The average molecular weight is 435 g/mol. The molecule has 30 heavy (non-hydrogen) atoms. The number of hydrazine groups is 1. The number of carboxylic acid groups (broad SMARTS) is 1. The van der Waals surface area contributed by atoms with Gasteiger partial charge >= 0.3 is 5.97 Å². The minimum Gasteiger partial charge on any atom is -0.481 e. The first-order valence-corrected chi connectivity index (χ1v) is 10.4. The number of carbonyl (C=O) groups is 3. The van der Waals surface area contributed by atoms with Gasteiger partial charge in [0.25, 0.3) is 5.91 Å². The van der Waals surface area contributed by atoms with Crippen molar-refractivity contribution in [1.29, 1.82) is 0 Å². The Morgan fingerprint density at radius 3 is 2.33 bits per heavy atom. The van der Waals surface area contributed by atoms with E-state index < -0.39 is 35.7 Å². The number of aliphatic carboxylic acids is 1. The molecule has 0 spiro atoms. The van der Waals surface area contributed by atoms with Crippen LogP contribution in [0.4, 0.5) is 0 Å². The lowest BCUT2D eigenvalue weighted by Gasteiger charge is -2.26. The van der Waals surface area contributed by atoms with Gasteiger partial charge in [-0.2, -0.15) is 0 Å². The van der Waals surface area contributed by atoms with Gasteiger partial charge < -0.3 is 9.84 Å². The summed E-state index contributed by atoms with van der Waals surface area (Å²) in [6.45, 7) is 7.29. The summed E-state index contributed by atoms with van der Waals surface area (Å²) in [6.07, 6.45) is 0.703. The Morgan fingerprint density at radius 1 is 1.13 bits per heavy atom. The Labute approximate surface area is 180 Å². The summed E-state index contributed by atoms with van der Waals surface area (Å²) < 4.78 is 5.65. The van der Waals surface area contributed by atoms with Crippen LogP contribution in [0.2, 0.25) is 5.02 Å². The van der Waals surface area contributed by atoms with Crippen molar-refractivity contribution in [3.63, 3.8) is 0 Å². The van der Waals surface area contributed by atoms with Gasteiger partial charge in [-0.1, -0.05) is 22.7 Å². The lowest BCUT2D eigenvalue weighted by molar-refractivity contribution is -0.150. The molecule has 0 aromatic heterocycles. The first-order valence-electron chi connectivity index (χ1n) is 10.0. The third-order valence-electron chi connectivity index (χ3n) is 6.13. The molecule has 2 bridgehead atoms. The standard InChI is InChI=1S/C22H27ClN2O5/c1-10(2)17-14-6-7-15(17)19(22(28)29)18(14)21(27)25-24-20(26)12(4)30-16-8-5-13(23)9-11(16)3/h5,8-9,12,14-15,18-19H,6-7H2,1-4H3,(H,24,26)(H,25,27)(H,28,29)/t12-,14+,15+,18+,19-/m0/s1. The van der Waals surface area contributed by atoms with E-state index in [1.807, 2.05) is 20.8 Å². The second kappa shape index (κ2) is 8.68.